The van der Waals surface area contributed by atoms with Crippen molar-refractivity contribution in [3.05, 3.63) is 0 Å². The van der Waals surface area contributed by atoms with Gasteiger partial charge in [0.1, 0.15) is 0 Å². The van der Waals surface area contributed by atoms with Gasteiger partial charge in [-0.1, -0.05) is 0 Å². The first-order valence-electron chi connectivity index (χ1n) is 3.50. The molecule has 0 saturated carbocycles. The number of aliphatic hydroxyl groups is 1. The minimum absolute atomic E-state index is 0.142. The summed E-state index contributed by atoms with van der Waals surface area (Å²) in [5, 5.41) is 17.8. The first-order chi connectivity index (χ1) is 4.74. The Kier molecular flexibility index (Phi) is 2.25. The summed E-state index contributed by atoms with van der Waals surface area (Å²) in [6.45, 7) is 1.56. The van der Waals surface area contributed by atoms with Crippen LogP contribution in [0.1, 0.15) is 6.42 Å². The Bertz CT molecular complexity index is 152. The van der Waals surface area contributed by atoms with Gasteiger partial charge in [-0.05, 0) is 20.0 Å². The fourth-order valence-electron chi connectivity index (χ4n) is 1.24. The molecule has 1 fully saturated rings. The van der Waals surface area contributed by atoms with Crippen molar-refractivity contribution in [1.82, 2.24) is 4.90 Å². The molecule has 56 valence electrons. The Hall–Kier alpha value is -0.590. The molecule has 1 saturated heterocycles. The monoisotopic (exact) mass is 140 g/mol. The van der Waals surface area contributed by atoms with E-state index in [1.807, 2.05) is 11.9 Å². The number of likely N-dealkylation sites (tertiary alicyclic amines) is 1. The van der Waals surface area contributed by atoms with E-state index in [2.05, 4.69) is 6.07 Å². The first-order valence-corrected chi connectivity index (χ1v) is 3.50. The lowest BCUT2D eigenvalue weighted by molar-refractivity contribution is 0.0548. The minimum Gasteiger partial charge on any atom is -0.390 e. The largest absolute Gasteiger partial charge is 0.390 e. The van der Waals surface area contributed by atoms with E-state index in [0.29, 0.717) is 6.54 Å². The first kappa shape index (κ1) is 7.52. The predicted octanol–water partition coefficient (Wildman–Crippen LogP) is -0.177. The molecular formula is C7H12N2O. The molecule has 0 spiro atoms. The number of β-amino-alcohol motifs (C(OH)–C–C–N with tert-alkyl or cyclic N) is 1. The average molecular weight is 140 g/mol. The van der Waals surface area contributed by atoms with Crippen LogP contribution in [-0.2, 0) is 0 Å². The molecule has 3 nitrogen and oxygen atoms in total. The zero-order valence-electron chi connectivity index (χ0n) is 6.12. The molecule has 3 heteroatoms. The highest BCUT2D eigenvalue weighted by atomic mass is 16.3. The van der Waals surface area contributed by atoms with Crippen LogP contribution in [0.2, 0.25) is 0 Å². The molecule has 0 aromatic heterocycles. The summed E-state index contributed by atoms with van der Waals surface area (Å²) in [6.07, 6.45) is 0.359. The normalized spacial score (nSPS) is 35.3. The van der Waals surface area contributed by atoms with Crippen molar-refractivity contribution in [3.8, 4) is 6.07 Å². The molecule has 1 rings (SSSR count). The summed E-state index contributed by atoms with van der Waals surface area (Å²) in [7, 11) is 1.96. The molecule has 1 heterocycles. The van der Waals surface area contributed by atoms with E-state index in [1.165, 1.54) is 0 Å². The summed E-state index contributed by atoms with van der Waals surface area (Å²) < 4.78 is 0. The molecule has 0 unspecified atom stereocenters. The number of rotatable bonds is 0. The molecule has 1 N–H and O–H groups in total. The third-order valence-corrected chi connectivity index (χ3v) is 1.95. The van der Waals surface area contributed by atoms with E-state index >= 15 is 0 Å². The zero-order valence-corrected chi connectivity index (χ0v) is 6.12. The fraction of sp³-hybridized carbons (Fsp3) is 0.857. The summed E-state index contributed by atoms with van der Waals surface area (Å²) in [6, 6.07) is 2.10. The van der Waals surface area contributed by atoms with E-state index in [4.69, 9.17) is 5.26 Å². The topological polar surface area (TPSA) is 47.3 Å². The minimum atomic E-state index is -0.441. The summed E-state index contributed by atoms with van der Waals surface area (Å²) in [4.78, 5) is 2.04. The number of likely N-dealkylation sites (N-methyl/N-ethyl adjacent to an activating group) is 1. The average Bonchev–Trinajstić information content (AvgIpc) is 1.88. The molecule has 1 aliphatic heterocycles. The predicted molar refractivity (Wildman–Crippen MR) is 37.2 cm³/mol. The highest BCUT2D eigenvalue weighted by Crippen LogP contribution is 2.14. The van der Waals surface area contributed by atoms with Crippen LogP contribution in [-0.4, -0.2) is 36.2 Å². The van der Waals surface area contributed by atoms with Crippen molar-refractivity contribution < 1.29 is 5.11 Å². The lowest BCUT2D eigenvalue weighted by Crippen LogP contribution is -2.40. The van der Waals surface area contributed by atoms with Crippen LogP contribution in [0.4, 0.5) is 0 Å². The van der Waals surface area contributed by atoms with E-state index in [1.54, 1.807) is 0 Å². The molecule has 0 radical (unpaired) electrons. The van der Waals surface area contributed by atoms with Gasteiger partial charge in [0.2, 0.25) is 0 Å². The van der Waals surface area contributed by atoms with Gasteiger partial charge < -0.3 is 10.0 Å². The van der Waals surface area contributed by atoms with Gasteiger partial charge in [0, 0.05) is 6.54 Å². The summed E-state index contributed by atoms with van der Waals surface area (Å²) >= 11 is 0. The Labute approximate surface area is 60.9 Å². The summed E-state index contributed by atoms with van der Waals surface area (Å²) in [5.74, 6) is -0.142. The second-order valence-corrected chi connectivity index (χ2v) is 2.85. The van der Waals surface area contributed by atoms with Crippen molar-refractivity contribution in [2.75, 3.05) is 20.1 Å². The van der Waals surface area contributed by atoms with Gasteiger partial charge in [-0.25, -0.2) is 0 Å². The maximum Gasteiger partial charge on any atom is 0.0825 e. The van der Waals surface area contributed by atoms with Crippen molar-refractivity contribution in [2.45, 2.75) is 12.5 Å². The van der Waals surface area contributed by atoms with Crippen LogP contribution in [0.15, 0.2) is 0 Å². The molecule has 0 amide bonds. The number of hydrogen-bond acceptors (Lipinski definition) is 3. The maximum absolute atomic E-state index is 9.28. The molecule has 10 heavy (non-hydrogen) atoms. The van der Waals surface area contributed by atoms with Crippen LogP contribution in [0, 0.1) is 17.2 Å². The van der Waals surface area contributed by atoms with Gasteiger partial charge in [0.15, 0.2) is 0 Å². The zero-order chi connectivity index (χ0) is 7.56. The van der Waals surface area contributed by atoms with Gasteiger partial charge in [-0.2, -0.15) is 5.26 Å². The van der Waals surface area contributed by atoms with Crippen LogP contribution in [0.5, 0.6) is 0 Å². The maximum atomic E-state index is 9.28. The smallest absolute Gasteiger partial charge is 0.0825 e. The third-order valence-electron chi connectivity index (χ3n) is 1.95. The van der Waals surface area contributed by atoms with Gasteiger partial charge in [0.05, 0.1) is 18.1 Å². The molecule has 0 aliphatic carbocycles. The van der Waals surface area contributed by atoms with Crippen molar-refractivity contribution in [3.63, 3.8) is 0 Å². The number of nitriles is 1. The van der Waals surface area contributed by atoms with Crippen molar-refractivity contribution in [1.29, 1.82) is 5.26 Å². The number of hydrogen-bond donors (Lipinski definition) is 1. The van der Waals surface area contributed by atoms with Crippen LogP contribution in [0.3, 0.4) is 0 Å². The third kappa shape index (κ3) is 1.47. The van der Waals surface area contributed by atoms with E-state index in [0.717, 1.165) is 13.0 Å². The van der Waals surface area contributed by atoms with Gasteiger partial charge in [-0.15, -0.1) is 0 Å². The molecule has 2 atom stereocenters. The van der Waals surface area contributed by atoms with Gasteiger partial charge in [0.25, 0.3) is 0 Å². The highest BCUT2D eigenvalue weighted by molar-refractivity contribution is 4.92. The Morgan fingerprint density at radius 2 is 2.40 bits per heavy atom. The molecular weight excluding hydrogens is 128 g/mol. The molecule has 0 bridgehead atoms. The number of aliphatic hydroxyl groups excluding tert-OH is 1. The quantitative estimate of drug-likeness (QED) is 0.508. The van der Waals surface area contributed by atoms with Gasteiger partial charge >= 0.3 is 0 Å². The van der Waals surface area contributed by atoms with E-state index in [-0.39, 0.29) is 5.92 Å². The van der Waals surface area contributed by atoms with Crippen LogP contribution in [0.25, 0.3) is 0 Å². The number of piperidine rings is 1. The number of nitrogens with zero attached hydrogens (tertiary/aromatic N) is 2. The summed E-state index contributed by atoms with van der Waals surface area (Å²) in [5.41, 5.74) is 0. The fourth-order valence-corrected chi connectivity index (χ4v) is 1.24. The van der Waals surface area contributed by atoms with Crippen LogP contribution >= 0.6 is 0 Å². The second-order valence-electron chi connectivity index (χ2n) is 2.85. The van der Waals surface area contributed by atoms with E-state index < -0.39 is 6.10 Å². The SMILES string of the molecule is CN1CC[C@H](C#N)[C@@H](O)C1. The molecule has 0 aromatic carbocycles. The standard InChI is InChI=1S/C7H12N2O/c1-9-3-2-6(4-8)7(10)5-9/h6-7,10H,2-3,5H2,1H3/t6-,7+/m1/s1. The Morgan fingerprint density at radius 3 is 2.90 bits per heavy atom. The van der Waals surface area contributed by atoms with Gasteiger partial charge in [-0.3, -0.25) is 0 Å². The lowest BCUT2D eigenvalue weighted by atomic mass is 9.96. The van der Waals surface area contributed by atoms with Crippen molar-refractivity contribution >= 4 is 0 Å². The molecule has 0 aromatic rings. The highest BCUT2D eigenvalue weighted by Gasteiger charge is 2.24. The Morgan fingerprint density at radius 1 is 1.70 bits per heavy atom. The van der Waals surface area contributed by atoms with E-state index in [9.17, 15) is 5.11 Å². The van der Waals surface area contributed by atoms with Crippen LogP contribution < -0.4 is 0 Å². The molecule has 1 aliphatic rings. The lowest BCUT2D eigenvalue weighted by Gasteiger charge is -2.29. The second kappa shape index (κ2) is 3.00. The Balaban J connectivity index is 2.45. The van der Waals surface area contributed by atoms with Crippen molar-refractivity contribution in [2.24, 2.45) is 5.92 Å².